The Kier molecular flexibility index (Phi) is 3.23. The number of likely N-dealkylation sites (N-methyl/N-ethyl adjacent to an activating group) is 1. The molecule has 0 amide bonds. The third kappa shape index (κ3) is 2.71. The van der Waals surface area contributed by atoms with E-state index in [-0.39, 0.29) is 5.69 Å². The van der Waals surface area contributed by atoms with Crippen LogP contribution < -0.4 is 14.9 Å². The van der Waals surface area contributed by atoms with Crippen LogP contribution in [-0.4, -0.2) is 49.2 Å². The molecular formula is C11H16N4O2. The Hall–Kier alpha value is -1.69. The van der Waals surface area contributed by atoms with Crippen LogP contribution in [0.2, 0.25) is 0 Å². The number of aryl methyl sites for hydroxylation is 1. The minimum atomic E-state index is -1.25. The van der Waals surface area contributed by atoms with Crippen LogP contribution in [0.5, 0.6) is 0 Å². The second-order valence-electron chi connectivity index (χ2n) is 4.43. The van der Waals surface area contributed by atoms with Gasteiger partial charge in [-0.05, 0) is 13.0 Å². The summed E-state index contributed by atoms with van der Waals surface area (Å²) in [6.45, 7) is 5.48. The molecule has 1 aromatic rings. The summed E-state index contributed by atoms with van der Waals surface area (Å²) in [5.41, 5.74) is 0.610. The van der Waals surface area contributed by atoms with Crippen molar-refractivity contribution in [2.24, 2.45) is 0 Å². The van der Waals surface area contributed by atoms with Gasteiger partial charge in [0, 0.05) is 5.69 Å². The van der Waals surface area contributed by atoms with Crippen LogP contribution in [0.3, 0.4) is 0 Å². The summed E-state index contributed by atoms with van der Waals surface area (Å²) in [4.78, 5) is 22.6. The molecule has 6 nitrogen and oxygen atoms in total. The van der Waals surface area contributed by atoms with Crippen LogP contribution in [-0.2, 0) is 0 Å². The first-order chi connectivity index (χ1) is 8.06. The van der Waals surface area contributed by atoms with E-state index in [2.05, 4.69) is 17.0 Å². The number of hydrogen-bond acceptors (Lipinski definition) is 5. The maximum absolute atomic E-state index is 10.8. The summed E-state index contributed by atoms with van der Waals surface area (Å²) < 4.78 is 0. The number of nitrogens with zero attached hydrogens (tertiary/aromatic N) is 3. The van der Waals surface area contributed by atoms with Crippen molar-refractivity contribution in [1.82, 2.24) is 9.97 Å². The number of hydrogen-bond donors (Lipinski definition) is 1. The Balaban J connectivity index is 2.23. The van der Waals surface area contributed by atoms with Gasteiger partial charge >= 0.3 is 0 Å². The average Bonchev–Trinajstić information content (AvgIpc) is 2.29. The molecule has 1 aliphatic heterocycles. The lowest BCUT2D eigenvalue weighted by Gasteiger charge is -2.30. The summed E-state index contributed by atoms with van der Waals surface area (Å²) in [7, 11) is 2.14. The molecule has 2 heterocycles. The number of piperazine rings is 1. The maximum atomic E-state index is 10.8. The van der Waals surface area contributed by atoms with E-state index >= 15 is 0 Å². The van der Waals surface area contributed by atoms with E-state index in [0.717, 1.165) is 26.2 Å². The molecule has 0 unspecified atom stereocenters. The van der Waals surface area contributed by atoms with Crippen LogP contribution in [0, 0.1) is 6.92 Å². The number of carboxylic acids is 1. The van der Waals surface area contributed by atoms with Crippen LogP contribution in [0.15, 0.2) is 6.07 Å². The molecule has 0 aliphatic carbocycles. The van der Waals surface area contributed by atoms with Crippen molar-refractivity contribution >= 4 is 11.9 Å². The van der Waals surface area contributed by atoms with Crippen LogP contribution >= 0.6 is 0 Å². The second-order valence-corrected chi connectivity index (χ2v) is 4.43. The van der Waals surface area contributed by atoms with Gasteiger partial charge in [-0.25, -0.2) is 9.97 Å². The Morgan fingerprint density at radius 3 is 2.65 bits per heavy atom. The van der Waals surface area contributed by atoms with Gasteiger partial charge in [0.05, 0.1) is 44.9 Å². The Labute approximate surface area is 99.9 Å². The van der Waals surface area contributed by atoms with E-state index in [1.165, 1.54) is 11.0 Å². The fraction of sp³-hybridized carbons (Fsp3) is 0.545. The van der Waals surface area contributed by atoms with Gasteiger partial charge in [0.25, 0.3) is 0 Å². The van der Waals surface area contributed by atoms with Crippen molar-refractivity contribution in [2.75, 3.05) is 38.1 Å². The van der Waals surface area contributed by atoms with Gasteiger partial charge in [-0.2, -0.15) is 0 Å². The summed E-state index contributed by atoms with van der Waals surface area (Å²) in [6.07, 6.45) is 0. The highest BCUT2D eigenvalue weighted by Gasteiger charge is 2.19. The predicted octanol–water partition coefficient (Wildman–Crippen LogP) is -2.52. The standard InChI is InChI=1S/C11H16N4O2/c1-8-7-9(10(16)17)13-11(12-8)15-5-3-14(2)4-6-15/h7H,3-6H2,1-2H3,(H,16,17). The molecule has 92 valence electrons. The van der Waals surface area contributed by atoms with Gasteiger partial charge in [-0.1, -0.05) is 0 Å². The van der Waals surface area contributed by atoms with Gasteiger partial charge in [0.1, 0.15) is 0 Å². The SMILES string of the molecule is Cc1cc(C(=O)[O-])nc(N2CC[NH+](C)CC2)n1. The molecule has 1 fully saturated rings. The van der Waals surface area contributed by atoms with Gasteiger partial charge in [0.15, 0.2) is 0 Å². The molecular weight excluding hydrogens is 220 g/mol. The number of rotatable bonds is 2. The van der Waals surface area contributed by atoms with Gasteiger partial charge < -0.3 is 19.7 Å². The third-order valence-electron chi connectivity index (χ3n) is 2.95. The van der Waals surface area contributed by atoms with Crippen molar-refractivity contribution in [1.29, 1.82) is 0 Å². The average molecular weight is 236 g/mol. The normalized spacial score (nSPS) is 17.2. The van der Waals surface area contributed by atoms with Gasteiger partial charge in [-0.15, -0.1) is 0 Å². The largest absolute Gasteiger partial charge is 0.543 e. The maximum Gasteiger partial charge on any atom is 0.226 e. The van der Waals surface area contributed by atoms with Gasteiger partial charge in [-0.3, -0.25) is 0 Å². The first-order valence-corrected chi connectivity index (χ1v) is 5.69. The number of carboxylic acid groups (broad SMARTS) is 1. The van der Waals surface area contributed by atoms with Crippen molar-refractivity contribution in [3.63, 3.8) is 0 Å². The van der Waals surface area contributed by atoms with E-state index in [1.54, 1.807) is 6.92 Å². The number of anilines is 1. The Bertz CT molecular complexity index is 427. The summed E-state index contributed by atoms with van der Waals surface area (Å²) in [6, 6.07) is 1.43. The molecule has 0 aromatic carbocycles. The number of carbonyl (C=O) groups excluding carboxylic acids is 1. The fourth-order valence-corrected chi connectivity index (χ4v) is 1.89. The first kappa shape index (κ1) is 11.8. The Morgan fingerprint density at radius 2 is 2.06 bits per heavy atom. The first-order valence-electron chi connectivity index (χ1n) is 5.69. The lowest BCUT2D eigenvalue weighted by Crippen LogP contribution is -3.12. The molecule has 0 atom stereocenters. The highest BCUT2D eigenvalue weighted by Crippen LogP contribution is 2.09. The second kappa shape index (κ2) is 4.67. The minimum Gasteiger partial charge on any atom is -0.543 e. The predicted molar refractivity (Wildman–Crippen MR) is 59.9 cm³/mol. The number of aromatic nitrogens is 2. The van der Waals surface area contributed by atoms with E-state index in [4.69, 9.17) is 0 Å². The summed E-state index contributed by atoms with van der Waals surface area (Å²) >= 11 is 0. The molecule has 0 radical (unpaired) electrons. The molecule has 1 aliphatic rings. The number of nitrogens with one attached hydrogen (secondary N) is 1. The summed E-state index contributed by atoms with van der Waals surface area (Å²) in [5.74, 6) is -0.756. The van der Waals surface area contributed by atoms with Crippen LogP contribution in [0.4, 0.5) is 5.95 Å². The van der Waals surface area contributed by atoms with Gasteiger partial charge in [0.2, 0.25) is 5.95 Å². The summed E-state index contributed by atoms with van der Waals surface area (Å²) in [5, 5.41) is 10.8. The minimum absolute atomic E-state index is 0.0428. The molecule has 6 heteroatoms. The zero-order valence-electron chi connectivity index (χ0n) is 10.1. The highest BCUT2D eigenvalue weighted by atomic mass is 16.4. The number of quaternary nitrogens is 1. The smallest absolute Gasteiger partial charge is 0.226 e. The lowest BCUT2D eigenvalue weighted by molar-refractivity contribution is -0.880. The Morgan fingerprint density at radius 1 is 1.41 bits per heavy atom. The van der Waals surface area contributed by atoms with E-state index in [0.29, 0.717) is 11.6 Å². The quantitative estimate of drug-likeness (QED) is 0.613. The topological polar surface area (TPSA) is 73.6 Å². The van der Waals surface area contributed by atoms with Crippen LogP contribution in [0.1, 0.15) is 16.2 Å². The van der Waals surface area contributed by atoms with Crippen molar-refractivity contribution < 1.29 is 14.8 Å². The molecule has 1 aromatic heterocycles. The monoisotopic (exact) mass is 236 g/mol. The number of carbonyl (C=O) groups is 1. The molecule has 2 rings (SSSR count). The number of aromatic carboxylic acids is 1. The van der Waals surface area contributed by atoms with Crippen molar-refractivity contribution in [3.8, 4) is 0 Å². The van der Waals surface area contributed by atoms with Crippen molar-refractivity contribution in [3.05, 3.63) is 17.5 Å². The fourth-order valence-electron chi connectivity index (χ4n) is 1.89. The zero-order valence-corrected chi connectivity index (χ0v) is 10.1. The van der Waals surface area contributed by atoms with E-state index < -0.39 is 5.97 Å². The highest BCUT2D eigenvalue weighted by molar-refractivity contribution is 5.83. The lowest BCUT2D eigenvalue weighted by atomic mass is 10.3. The molecule has 1 saturated heterocycles. The zero-order chi connectivity index (χ0) is 12.4. The van der Waals surface area contributed by atoms with E-state index in [9.17, 15) is 9.90 Å². The molecule has 0 bridgehead atoms. The third-order valence-corrected chi connectivity index (χ3v) is 2.95. The van der Waals surface area contributed by atoms with Crippen molar-refractivity contribution in [2.45, 2.75) is 6.92 Å². The molecule has 0 saturated carbocycles. The molecule has 1 N–H and O–H groups in total. The van der Waals surface area contributed by atoms with E-state index in [1.807, 2.05) is 4.90 Å². The van der Waals surface area contributed by atoms with Crippen LogP contribution in [0.25, 0.3) is 0 Å². The molecule has 17 heavy (non-hydrogen) atoms. The molecule has 0 spiro atoms.